The second-order valence-corrected chi connectivity index (χ2v) is 8.91. The molecule has 0 bridgehead atoms. The van der Waals surface area contributed by atoms with Crippen molar-refractivity contribution in [3.8, 4) is 5.69 Å². The van der Waals surface area contributed by atoms with E-state index in [1.165, 1.54) is 4.90 Å². The molecule has 1 aliphatic heterocycles. The normalized spacial score (nSPS) is 20.3. The summed E-state index contributed by atoms with van der Waals surface area (Å²) in [7, 11) is 0. The van der Waals surface area contributed by atoms with E-state index >= 15 is 0 Å². The van der Waals surface area contributed by atoms with Gasteiger partial charge in [-0.2, -0.15) is 18.3 Å². The lowest BCUT2D eigenvalue weighted by atomic mass is 9.94. The first-order chi connectivity index (χ1) is 16.4. The van der Waals surface area contributed by atoms with Crippen molar-refractivity contribution in [2.24, 2.45) is 0 Å². The molecular formula is C25H26F3N5O. The minimum atomic E-state index is -4.29. The highest BCUT2D eigenvalue weighted by atomic mass is 19.4. The molecule has 1 saturated heterocycles. The molecule has 6 nitrogen and oxygen atoms in total. The van der Waals surface area contributed by atoms with E-state index in [0.29, 0.717) is 5.82 Å². The van der Waals surface area contributed by atoms with Crippen LogP contribution in [-0.2, 0) is 12.8 Å². The van der Waals surface area contributed by atoms with Crippen LogP contribution in [-0.4, -0.2) is 52.6 Å². The van der Waals surface area contributed by atoms with Crippen LogP contribution in [0.25, 0.3) is 5.69 Å². The lowest BCUT2D eigenvalue weighted by Crippen LogP contribution is -2.43. The molecule has 1 fully saturated rings. The molecule has 2 aromatic carbocycles. The summed E-state index contributed by atoms with van der Waals surface area (Å²) in [5.41, 5.74) is 3.74. The molecule has 34 heavy (non-hydrogen) atoms. The van der Waals surface area contributed by atoms with E-state index in [2.05, 4.69) is 10.6 Å². The van der Waals surface area contributed by atoms with E-state index in [4.69, 9.17) is 5.10 Å². The summed E-state index contributed by atoms with van der Waals surface area (Å²) >= 11 is 0. The van der Waals surface area contributed by atoms with Crippen LogP contribution < -0.4 is 10.6 Å². The van der Waals surface area contributed by atoms with Gasteiger partial charge in [0.2, 0.25) is 0 Å². The first-order valence-electron chi connectivity index (χ1n) is 11.4. The van der Waals surface area contributed by atoms with Gasteiger partial charge >= 0.3 is 12.2 Å². The van der Waals surface area contributed by atoms with Gasteiger partial charge in [-0.25, -0.2) is 9.48 Å². The van der Waals surface area contributed by atoms with Gasteiger partial charge < -0.3 is 5.32 Å². The summed E-state index contributed by atoms with van der Waals surface area (Å²) in [4.78, 5) is 14.5. The largest absolute Gasteiger partial charge is 0.401 e. The van der Waals surface area contributed by atoms with Crippen molar-refractivity contribution in [2.45, 2.75) is 37.4 Å². The maximum absolute atomic E-state index is 13.1. The van der Waals surface area contributed by atoms with Gasteiger partial charge in [0.25, 0.3) is 0 Å². The summed E-state index contributed by atoms with van der Waals surface area (Å²) in [6.07, 6.45) is -1.63. The number of hydrogen-bond acceptors (Lipinski definition) is 3. The second-order valence-electron chi connectivity index (χ2n) is 8.91. The highest BCUT2D eigenvalue weighted by Crippen LogP contribution is 2.32. The number of rotatable bonds is 5. The Labute approximate surface area is 195 Å². The van der Waals surface area contributed by atoms with Gasteiger partial charge in [-0.3, -0.25) is 10.2 Å². The number of hydrogen-bond donors (Lipinski definition) is 2. The number of carbonyl (C=O) groups is 1. The first kappa shape index (κ1) is 22.5. The van der Waals surface area contributed by atoms with Crippen molar-refractivity contribution < 1.29 is 18.0 Å². The molecule has 2 heterocycles. The predicted molar refractivity (Wildman–Crippen MR) is 123 cm³/mol. The second kappa shape index (κ2) is 9.13. The van der Waals surface area contributed by atoms with Crippen LogP contribution in [0.3, 0.4) is 0 Å². The maximum Gasteiger partial charge on any atom is 0.401 e. The third-order valence-corrected chi connectivity index (χ3v) is 6.48. The average molecular weight is 470 g/mol. The van der Waals surface area contributed by atoms with E-state index in [9.17, 15) is 18.0 Å². The Morgan fingerprint density at radius 2 is 1.71 bits per heavy atom. The fourth-order valence-electron chi connectivity index (χ4n) is 5.04. The fourth-order valence-corrected chi connectivity index (χ4v) is 5.04. The number of likely N-dealkylation sites (tertiary alicyclic amines) is 1. The van der Waals surface area contributed by atoms with E-state index in [1.807, 2.05) is 60.7 Å². The average Bonchev–Trinajstić information content (AvgIpc) is 3.50. The van der Waals surface area contributed by atoms with Gasteiger partial charge in [-0.05, 0) is 37.0 Å². The molecule has 1 unspecified atom stereocenters. The molecule has 5 rings (SSSR count). The van der Waals surface area contributed by atoms with Crippen molar-refractivity contribution in [2.75, 3.05) is 25.0 Å². The molecule has 2 amide bonds. The van der Waals surface area contributed by atoms with E-state index in [-0.39, 0.29) is 19.0 Å². The number of amides is 2. The monoisotopic (exact) mass is 469 g/mol. The molecule has 9 heteroatoms. The number of halogens is 3. The quantitative estimate of drug-likeness (QED) is 0.578. The number of benzene rings is 2. The topological polar surface area (TPSA) is 62.2 Å². The lowest BCUT2D eigenvalue weighted by molar-refractivity contribution is -0.143. The number of carbonyl (C=O) groups excluding carboxylic acids is 1. The molecule has 1 aliphatic carbocycles. The first-order valence-corrected chi connectivity index (χ1v) is 11.4. The SMILES string of the molecule is O=C(Nc1c2c(nn1-c1ccccc1)CCC2)NC1CN(CC(F)(F)F)C[C@H]1c1ccccc1. The summed E-state index contributed by atoms with van der Waals surface area (Å²) in [5, 5.41) is 10.6. The van der Waals surface area contributed by atoms with Crippen LogP contribution in [0.15, 0.2) is 60.7 Å². The van der Waals surface area contributed by atoms with Gasteiger partial charge in [0.15, 0.2) is 0 Å². The number of nitrogens with one attached hydrogen (secondary N) is 2. The minimum Gasteiger partial charge on any atom is -0.333 e. The number of para-hydroxylation sites is 1. The molecule has 0 spiro atoms. The standard InChI is InChI=1S/C25H26F3N5O/c26-25(27,28)16-32-14-20(17-8-3-1-4-9-17)22(15-32)29-24(34)30-23-19-12-7-13-21(19)31-33(23)18-10-5-2-6-11-18/h1-6,8-11,20,22H,7,12-16H2,(H2,29,30,34)/t20-,22?/m0/s1. The molecule has 1 aromatic heterocycles. The number of nitrogens with zero attached hydrogens (tertiary/aromatic N) is 3. The Morgan fingerprint density at radius 3 is 2.41 bits per heavy atom. The molecule has 2 atom stereocenters. The third kappa shape index (κ3) is 4.79. The fraction of sp³-hybridized carbons (Fsp3) is 0.360. The maximum atomic E-state index is 13.1. The zero-order chi connectivity index (χ0) is 23.7. The van der Waals surface area contributed by atoms with Crippen LogP contribution >= 0.6 is 0 Å². The smallest absolute Gasteiger partial charge is 0.333 e. The van der Waals surface area contributed by atoms with Crippen molar-refractivity contribution in [3.05, 3.63) is 77.5 Å². The molecule has 3 aromatic rings. The Kier molecular flexibility index (Phi) is 6.03. The molecule has 0 saturated carbocycles. The number of anilines is 1. The zero-order valence-electron chi connectivity index (χ0n) is 18.6. The Morgan fingerprint density at radius 1 is 1.00 bits per heavy atom. The molecule has 2 N–H and O–H groups in total. The number of urea groups is 1. The lowest BCUT2D eigenvalue weighted by Gasteiger charge is -2.21. The zero-order valence-corrected chi connectivity index (χ0v) is 18.6. The van der Waals surface area contributed by atoms with E-state index in [0.717, 1.165) is 41.8 Å². The van der Waals surface area contributed by atoms with Crippen molar-refractivity contribution in [3.63, 3.8) is 0 Å². The van der Waals surface area contributed by atoms with Crippen molar-refractivity contribution in [1.82, 2.24) is 20.0 Å². The number of aryl methyl sites for hydroxylation is 1. The van der Waals surface area contributed by atoms with E-state index in [1.54, 1.807) is 4.68 Å². The summed E-state index contributed by atoms with van der Waals surface area (Å²) in [6.45, 7) is -0.640. The number of aromatic nitrogens is 2. The molecule has 0 radical (unpaired) electrons. The Hall–Kier alpha value is -3.33. The van der Waals surface area contributed by atoms with Crippen molar-refractivity contribution >= 4 is 11.8 Å². The summed E-state index contributed by atoms with van der Waals surface area (Å²) in [5.74, 6) is 0.386. The van der Waals surface area contributed by atoms with Crippen molar-refractivity contribution in [1.29, 1.82) is 0 Å². The highest BCUT2D eigenvalue weighted by molar-refractivity contribution is 5.90. The molecular weight excluding hydrogens is 443 g/mol. The van der Waals surface area contributed by atoms with Crippen LogP contribution in [0.1, 0.15) is 29.2 Å². The van der Waals surface area contributed by atoms with Gasteiger partial charge in [0, 0.05) is 24.6 Å². The van der Waals surface area contributed by atoms with Crippen LogP contribution in [0.2, 0.25) is 0 Å². The minimum absolute atomic E-state index is 0.128. The van der Waals surface area contributed by atoms with Gasteiger partial charge in [-0.1, -0.05) is 48.5 Å². The van der Waals surface area contributed by atoms with Crippen LogP contribution in [0.5, 0.6) is 0 Å². The van der Waals surface area contributed by atoms with E-state index < -0.39 is 24.8 Å². The number of fused-ring (bicyclic) bond motifs is 1. The van der Waals surface area contributed by atoms with Gasteiger partial charge in [0.1, 0.15) is 5.82 Å². The summed E-state index contributed by atoms with van der Waals surface area (Å²) in [6, 6.07) is 18.1. The molecule has 178 valence electrons. The predicted octanol–water partition coefficient (Wildman–Crippen LogP) is 4.51. The Balaban J connectivity index is 1.36. The molecule has 2 aliphatic rings. The highest BCUT2D eigenvalue weighted by Gasteiger charge is 2.40. The third-order valence-electron chi connectivity index (χ3n) is 6.48. The number of alkyl halides is 3. The Bertz CT molecular complexity index is 1150. The summed E-state index contributed by atoms with van der Waals surface area (Å²) < 4.78 is 40.9. The van der Waals surface area contributed by atoms with Crippen LogP contribution in [0.4, 0.5) is 23.8 Å². The van der Waals surface area contributed by atoms with Gasteiger partial charge in [-0.15, -0.1) is 0 Å². The van der Waals surface area contributed by atoms with Gasteiger partial charge in [0.05, 0.1) is 24.0 Å². The van der Waals surface area contributed by atoms with Crippen LogP contribution in [0, 0.1) is 0 Å².